The summed E-state index contributed by atoms with van der Waals surface area (Å²) in [5, 5.41) is 12.1. The molecule has 16 heavy (non-hydrogen) atoms. The first kappa shape index (κ1) is 12.7. The Balaban J connectivity index is 2.33. The summed E-state index contributed by atoms with van der Waals surface area (Å²) in [6.45, 7) is 2.87. The molecule has 0 aliphatic rings. The van der Waals surface area contributed by atoms with Gasteiger partial charge in [0.15, 0.2) is 0 Å². The molecule has 0 saturated carbocycles. The lowest BCUT2D eigenvalue weighted by atomic mass is 10.1. The van der Waals surface area contributed by atoms with Crippen LogP contribution < -0.4 is 5.32 Å². The van der Waals surface area contributed by atoms with Crippen molar-refractivity contribution in [3.05, 3.63) is 18.2 Å². The predicted molar refractivity (Wildman–Crippen MR) is 61.2 cm³/mol. The van der Waals surface area contributed by atoms with E-state index in [-0.39, 0.29) is 0 Å². The molecule has 0 aliphatic carbocycles. The van der Waals surface area contributed by atoms with E-state index in [2.05, 4.69) is 22.2 Å². The lowest BCUT2D eigenvalue weighted by Crippen LogP contribution is -2.39. The highest BCUT2D eigenvalue weighted by molar-refractivity contribution is 5.73. The monoisotopic (exact) mass is 225 g/mol. The molecule has 1 aromatic rings. The van der Waals surface area contributed by atoms with Crippen LogP contribution in [-0.4, -0.2) is 33.6 Å². The number of imidazole rings is 1. The number of H-pyrrole nitrogens is 1. The average molecular weight is 225 g/mol. The molecule has 0 aliphatic heterocycles. The van der Waals surface area contributed by atoms with Crippen LogP contribution in [-0.2, 0) is 11.2 Å². The highest BCUT2D eigenvalue weighted by Crippen LogP contribution is 2.00. The second kappa shape index (κ2) is 7.00. The van der Waals surface area contributed by atoms with E-state index in [0.717, 1.165) is 31.5 Å². The quantitative estimate of drug-likeness (QED) is 0.581. The van der Waals surface area contributed by atoms with E-state index in [9.17, 15) is 4.79 Å². The fourth-order valence-corrected chi connectivity index (χ4v) is 1.51. The van der Waals surface area contributed by atoms with Gasteiger partial charge in [0.2, 0.25) is 0 Å². The lowest BCUT2D eigenvalue weighted by molar-refractivity contribution is -0.139. The van der Waals surface area contributed by atoms with E-state index in [1.165, 1.54) is 0 Å². The van der Waals surface area contributed by atoms with Gasteiger partial charge in [0, 0.05) is 18.3 Å². The summed E-state index contributed by atoms with van der Waals surface area (Å²) in [6.07, 6.45) is 6.95. The predicted octanol–water partition coefficient (Wildman–Crippen LogP) is 1.19. The number of nitrogens with zero attached hydrogens (tertiary/aromatic N) is 1. The van der Waals surface area contributed by atoms with E-state index in [1.807, 2.05) is 0 Å². The zero-order chi connectivity index (χ0) is 11.8. The van der Waals surface area contributed by atoms with Crippen molar-refractivity contribution in [3.63, 3.8) is 0 Å². The number of hydrogen-bond donors (Lipinski definition) is 3. The number of aliphatic carboxylic acids is 1. The van der Waals surface area contributed by atoms with Crippen LogP contribution in [0.2, 0.25) is 0 Å². The minimum Gasteiger partial charge on any atom is -0.480 e. The van der Waals surface area contributed by atoms with Crippen LogP contribution in [0.4, 0.5) is 0 Å². The normalized spacial score (nSPS) is 12.6. The largest absolute Gasteiger partial charge is 0.480 e. The van der Waals surface area contributed by atoms with Crippen molar-refractivity contribution >= 4 is 5.97 Å². The first-order valence-corrected chi connectivity index (χ1v) is 5.67. The molecule has 5 nitrogen and oxygen atoms in total. The third kappa shape index (κ3) is 4.44. The first-order chi connectivity index (χ1) is 7.74. The Labute approximate surface area is 95.3 Å². The maximum atomic E-state index is 11.0. The molecule has 1 atom stereocenters. The summed E-state index contributed by atoms with van der Waals surface area (Å²) in [7, 11) is 0. The van der Waals surface area contributed by atoms with Crippen LogP contribution in [0.1, 0.15) is 31.9 Å². The first-order valence-electron chi connectivity index (χ1n) is 5.67. The standard InChI is InChI=1S/C11H19N3O2/c1-2-3-4-5-13-10(11(15)16)6-9-7-12-8-14-9/h7-8,10,13H,2-6H2,1H3,(H,12,14)(H,15,16). The van der Waals surface area contributed by atoms with E-state index < -0.39 is 12.0 Å². The number of carboxylic acid groups (broad SMARTS) is 1. The molecule has 5 heteroatoms. The number of nitrogens with one attached hydrogen (secondary N) is 2. The second-order valence-corrected chi connectivity index (χ2v) is 3.83. The third-order valence-corrected chi connectivity index (χ3v) is 2.45. The number of carboxylic acids is 1. The molecule has 90 valence electrons. The molecular formula is C11H19N3O2. The van der Waals surface area contributed by atoms with Gasteiger partial charge in [-0.3, -0.25) is 4.79 Å². The Bertz CT molecular complexity index is 298. The fraction of sp³-hybridized carbons (Fsp3) is 0.636. The van der Waals surface area contributed by atoms with Crippen LogP contribution in [0.3, 0.4) is 0 Å². The molecule has 1 aromatic heterocycles. The highest BCUT2D eigenvalue weighted by Gasteiger charge is 2.17. The maximum absolute atomic E-state index is 11.0. The Kier molecular flexibility index (Phi) is 5.56. The molecule has 0 saturated heterocycles. The van der Waals surface area contributed by atoms with Gasteiger partial charge in [0.05, 0.1) is 6.33 Å². The number of carbonyl (C=O) groups is 1. The van der Waals surface area contributed by atoms with Crippen LogP contribution in [0.25, 0.3) is 0 Å². The molecule has 0 fully saturated rings. The molecule has 0 aromatic carbocycles. The number of hydrogen-bond acceptors (Lipinski definition) is 3. The topological polar surface area (TPSA) is 78.0 Å². The van der Waals surface area contributed by atoms with Gasteiger partial charge >= 0.3 is 5.97 Å². The van der Waals surface area contributed by atoms with Gasteiger partial charge in [-0.15, -0.1) is 0 Å². The number of rotatable bonds is 8. The zero-order valence-corrected chi connectivity index (χ0v) is 9.57. The van der Waals surface area contributed by atoms with Crippen molar-refractivity contribution in [1.82, 2.24) is 15.3 Å². The van der Waals surface area contributed by atoms with Gasteiger partial charge in [-0.25, -0.2) is 4.98 Å². The van der Waals surface area contributed by atoms with E-state index in [1.54, 1.807) is 12.5 Å². The summed E-state index contributed by atoms with van der Waals surface area (Å²) in [6, 6.07) is -0.530. The van der Waals surface area contributed by atoms with Gasteiger partial charge in [-0.05, 0) is 13.0 Å². The Morgan fingerprint density at radius 2 is 2.44 bits per heavy atom. The molecule has 1 heterocycles. The molecule has 1 rings (SSSR count). The maximum Gasteiger partial charge on any atom is 0.321 e. The van der Waals surface area contributed by atoms with Crippen LogP contribution >= 0.6 is 0 Å². The summed E-state index contributed by atoms with van der Waals surface area (Å²) in [4.78, 5) is 17.8. The van der Waals surface area contributed by atoms with E-state index in [4.69, 9.17) is 5.11 Å². The van der Waals surface area contributed by atoms with E-state index >= 15 is 0 Å². The Hall–Kier alpha value is -1.36. The molecule has 3 N–H and O–H groups in total. The van der Waals surface area contributed by atoms with Crippen molar-refractivity contribution in [1.29, 1.82) is 0 Å². The van der Waals surface area contributed by atoms with Gasteiger partial charge < -0.3 is 15.4 Å². The Morgan fingerprint density at radius 3 is 3.00 bits per heavy atom. The minimum atomic E-state index is -0.814. The molecule has 0 radical (unpaired) electrons. The summed E-state index contributed by atoms with van der Waals surface area (Å²) in [5.41, 5.74) is 0.843. The van der Waals surface area contributed by atoms with Crippen molar-refractivity contribution in [3.8, 4) is 0 Å². The van der Waals surface area contributed by atoms with Gasteiger partial charge in [-0.2, -0.15) is 0 Å². The van der Waals surface area contributed by atoms with Gasteiger partial charge in [-0.1, -0.05) is 19.8 Å². The van der Waals surface area contributed by atoms with Crippen LogP contribution in [0, 0.1) is 0 Å². The molecule has 0 bridgehead atoms. The fourth-order valence-electron chi connectivity index (χ4n) is 1.51. The minimum absolute atomic E-state index is 0.446. The smallest absolute Gasteiger partial charge is 0.321 e. The van der Waals surface area contributed by atoms with Crippen molar-refractivity contribution in [2.45, 2.75) is 38.6 Å². The number of aromatic amines is 1. The summed E-state index contributed by atoms with van der Waals surface area (Å²) < 4.78 is 0. The average Bonchev–Trinajstić information content (AvgIpc) is 2.75. The highest BCUT2D eigenvalue weighted by atomic mass is 16.4. The van der Waals surface area contributed by atoms with Crippen LogP contribution in [0.15, 0.2) is 12.5 Å². The van der Waals surface area contributed by atoms with Crippen molar-refractivity contribution in [2.24, 2.45) is 0 Å². The number of aromatic nitrogens is 2. The summed E-state index contributed by atoms with van der Waals surface area (Å²) >= 11 is 0. The second-order valence-electron chi connectivity index (χ2n) is 3.83. The van der Waals surface area contributed by atoms with Crippen molar-refractivity contribution in [2.75, 3.05) is 6.54 Å². The molecule has 0 spiro atoms. The number of unbranched alkanes of at least 4 members (excludes halogenated alkanes) is 2. The van der Waals surface area contributed by atoms with Gasteiger partial charge in [0.25, 0.3) is 0 Å². The molecule has 1 unspecified atom stereocenters. The Morgan fingerprint density at radius 1 is 1.62 bits per heavy atom. The zero-order valence-electron chi connectivity index (χ0n) is 9.57. The lowest BCUT2D eigenvalue weighted by Gasteiger charge is -2.13. The van der Waals surface area contributed by atoms with Crippen molar-refractivity contribution < 1.29 is 9.90 Å². The van der Waals surface area contributed by atoms with Gasteiger partial charge in [0.1, 0.15) is 6.04 Å². The van der Waals surface area contributed by atoms with E-state index in [0.29, 0.717) is 6.42 Å². The third-order valence-electron chi connectivity index (χ3n) is 2.45. The van der Waals surface area contributed by atoms with Crippen LogP contribution in [0.5, 0.6) is 0 Å². The SMILES string of the molecule is CCCCCNC(Cc1cnc[nH]1)C(=O)O. The summed E-state index contributed by atoms with van der Waals surface area (Å²) in [5.74, 6) is -0.814. The molecule has 0 amide bonds. The molecular weight excluding hydrogens is 206 g/mol.